The fourth-order valence-electron chi connectivity index (χ4n) is 2.61. The van der Waals surface area contributed by atoms with Gasteiger partial charge in [0.05, 0.1) is 19.3 Å². The third kappa shape index (κ3) is 3.55. The lowest BCUT2D eigenvalue weighted by molar-refractivity contribution is -0.0640. The Hall–Kier alpha value is -1.69. The number of hydrogen-bond acceptors (Lipinski definition) is 5. The highest BCUT2D eigenvalue weighted by Gasteiger charge is 2.27. The molecule has 0 aliphatic carbocycles. The molecule has 0 radical (unpaired) electrons. The number of nitrogens with zero attached hydrogens (tertiary/aromatic N) is 3. The maximum atomic E-state index is 6.07. The van der Waals surface area contributed by atoms with E-state index in [1.807, 2.05) is 24.3 Å². The molecule has 0 amide bonds. The Balaban J connectivity index is 1.73. The van der Waals surface area contributed by atoms with E-state index in [1.165, 1.54) is 0 Å². The van der Waals surface area contributed by atoms with Crippen molar-refractivity contribution in [1.29, 1.82) is 0 Å². The maximum absolute atomic E-state index is 6.07. The van der Waals surface area contributed by atoms with Gasteiger partial charge < -0.3 is 10.5 Å². The first-order chi connectivity index (χ1) is 10.6. The number of nitrogen functional groups attached to an aromatic ring is 1. The van der Waals surface area contributed by atoms with Gasteiger partial charge in [0.25, 0.3) is 0 Å². The SMILES string of the molecule is C[C@@H]1CO[C@@H](c2cccc(Cl)c2)CN1Cc1nccc(N)n1. The molecule has 116 valence electrons. The highest BCUT2D eigenvalue weighted by molar-refractivity contribution is 6.30. The second-order valence-electron chi connectivity index (χ2n) is 5.55. The zero-order valence-corrected chi connectivity index (χ0v) is 13.2. The molecule has 1 aromatic carbocycles. The number of aromatic nitrogens is 2. The lowest BCUT2D eigenvalue weighted by atomic mass is 10.1. The van der Waals surface area contributed by atoms with Crippen LogP contribution in [0.25, 0.3) is 0 Å². The van der Waals surface area contributed by atoms with Crippen LogP contribution >= 0.6 is 11.6 Å². The van der Waals surface area contributed by atoms with E-state index in [4.69, 9.17) is 22.1 Å². The molecule has 2 aromatic rings. The van der Waals surface area contributed by atoms with Crippen molar-refractivity contribution in [2.24, 2.45) is 0 Å². The summed E-state index contributed by atoms with van der Waals surface area (Å²) < 4.78 is 5.96. The van der Waals surface area contributed by atoms with Gasteiger partial charge in [-0.05, 0) is 30.7 Å². The number of ether oxygens (including phenoxy) is 1. The molecule has 0 unspecified atom stereocenters. The van der Waals surface area contributed by atoms with Gasteiger partial charge in [0.15, 0.2) is 0 Å². The molecule has 2 heterocycles. The molecule has 3 rings (SSSR count). The second kappa shape index (κ2) is 6.60. The third-order valence-electron chi connectivity index (χ3n) is 3.85. The molecular formula is C16H19ClN4O. The number of anilines is 1. The molecule has 1 aromatic heterocycles. The van der Waals surface area contributed by atoms with Crippen LogP contribution in [0, 0.1) is 0 Å². The average Bonchev–Trinajstić information content (AvgIpc) is 2.49. The van der Waals surface area contributed by atoms with Gasteiger partial charge >= 0.3 is 0 Å². The van der Waals surface area contributed by atoms with E-state index >= 15 is 0 Å². The molecule has 2 atom stereocenters. The molecule has 0 spiro atoms. The van der Waals surface area contributed by atoms with E-state index in [0.717, 1.165) is 23.0 Å². The first-order valence-electron chi connectivity index (χ1n) is 7.30. The van der Waals surface area contributed by atoms with Crippen molar-refractivity contribution in [2.75, 3.05) is 18.9 Å². The fourth-order valence-corrected chi connectivity index (χ4v) is 2.81. The number of rotatable bonds is 3. The number of halogens is 1. The first kappa shape index (κ1) is 15.2. The lowest BCUT2D eigenvalue weighted by Crippen LogP contribution is -2.44. The van der Waals surface area contributed by atoms with E-state index < -0.39 is 0 Å². The summed E-state index contributed by atoms with van der Waals surface area (Å²) in [6, 6.07) is 9.82. The van der Waals surface area contributed by atoms with Crippen molar-refractivity contribution in [1.82, 2.24) is 14.9 Å². The Kier molecular flexibility index (Phi) is 4.57. The maximum Gasteiger partial charge on any atom is 0.144 e. The first-order valence-corrected chi connectivity index (χ1v) is 7.68. The molecular weight excluding hydrogens is 300 g/mol. The van der Waals surface area contributed by atoms with Crippen molar-refractivity contribution in [3.8, 4) is 0 Å². The molecule has 1 saturated heterocycles. The Morgan fingerprint density at radius 3 is 3.05 bits per heavy atom. The zero-order chi connectivity index (χ0) is 15.5. The largest absolute Gasteiger partial charge is 0.384 e. The lowest BCUT2D eigenvalue weighted by Gasteiger charge is -2.37. The molecule has 0 saturated carbocycles. The van der Waals surface area contributed by atoms with Crippen LogP contribution in [0.3, 0.4) is 0 Å². The van der Waals surface area contributed by atoms with Gasteiger partial charge in [-0.15, -0.1) is 0 Å². The molecule has 0 bridgehead atoms. The summed E-state index contributed by atoms with van der Waals surface area (Å²) in [6.07, 6.45) is 1.70. The minimum Gasteiger partial charge on any atom is -0.384 e. The van der Waals surface area contributed by atoms with Gasteiger partial charge in [0, 0.05) is 23.8 Å². The predicted molar refractivity (Wildman–Crippen MR) is 86.5 cm³/mol. The van der Waals surface area contributed by atoms with Crippen molar-refractivity contribution >= 4 is 17.4 Å². The summed E-state index contributed by atoms with van der Waals surface area (Å²) >= 11 is 6.07. The van der Waals surface area contributed by atoms with E-state index in [2.05, 4.69) is 21.8 Å². The van der Waals surface area contributed by atoms with Crippen molar-refractivity contribution in [3.63, 3.8) is 0 Å². The van der Waals surface area contributed by atoms with E-state index in [9.17, 15) is 0 Å². The molecule has 6 heteroatoms. The number of hydrogen-bond donors (Lipinski definition) is 1. The van der Waals surface area contributed by atoms with Crippen molar-refractivity contribution in [3.05, 3.63) is 52.9 Å². The molecule has 22 heavy (non-hydrogen) atoms. The van der Waals surface area contributed by atoms with Crippen LogP contribution < -0.4 is 5.73 Å². The molecule has 1 aliphatic heterocycles. The summed E-state index contributed by atoms with van der Waals surface area (Å²) in [5.74, 6) is 1.23. The Morgan fingerprint density at radius 1 is 1.41 bits per heavy atom. The average molecular weight is 319 g/mol. The monoisotopic (exact) mass is 318 g/mol. The number of nitrogens with two attached hydrogens (primary N) is 1. The quantitative estimate of drug-likeness (QED) is 0.942. The highest BCUT2D eigenvalue weighted by Crippen LogP contribution is 2.27. The standard InChI is InChI=1S/C16H19ClN4O/c1-11-10-22-14(12-3-2-4-13(17)7-12)8-21(11)9-16-19-6-5-15(18)20-16/h2-7,11,14H,8-10H2,1H3,(H2,18,19,20)/t11-,14-/m1/s1. The summed E-state index contributed by atoms with van der Waals surface area (Å²) in [6.45, 7) is 4.24. The van der Waals surface area contributed by atoms with Crippen molar-refractivity contribution in [2.45, 2.75) is 25.6 Å². The van der Waals surface area contributed by atoms with E-state index in [0.29, 0.717) is 25.0 Å². The molecule has 1 fully saturated rings. The Labute approximate surface area is 135 Å². The van der Waals surface area contributed by atoms with Crippen LogP contribution in [-0.2, 0) is 11.3 Å². The number of benzene rings is 1. The number of morpholine rings is 1. The predicted octanol–water partition coefficient (Wildman–Crippen LogP) is 2.67. The minimum absolute atomic E-state index is 0.0101. The van der Waals surface area contributed by atoms with Gasteiger partial charge in [-0.25, -0.2) is 9.97 Å². The van der Waals surface area contributed by atoms with Crippen molar-refractivity contribution < 1.29 is 4.74 Å². The van der Waals surface area contributed by atoms with E-state index in [1.54, 1.807) is 12.3 Å². The molecule has 5 nitrogen and oxygen atoms in total. The van der Waals surface area contributed by atoms with Crippen LogP contribution in [0.1, 0.15) is 24.4 Å². The van der Waals surface area contributed by atoms with E-state index in [-0.39, 0.29) is 6.10 Å². The van der Waals surface area contributed by atoms with Gasteiger partial charge in [-0.3, -0.25) is 4.90 Å². The second-order valence-corrected chi connectivity index (χ2v) is 5.99. The fraction of sp³-hybridized carbons (Fsp3) is 0.375. The summed E-state index contributed by atoms with van der Waals surface area (Å²) in [5, 5.41) is 0.727. The van der Waals surface area contributed by atoms with Gasteiger partial charge in [0.2, 0.25) is 0 Å². The van der Waals surface area contributed by atoms with Crippen LogP contribution in [0.2, 0.25) is 5.02 Å². The van der Waals surface area contributed by atoms with Crippen LogP contribution in [-0.4, -0.2) is 34.1 Å². The summed E-state index contributed by atoms with van der Waals surface area (Å²) in [5.41, 5.74) is 6.82. The minimum atomic E-state index is 0.0101. The Morgan fingerprint density at radius 2 is 2.27 bits per heavy atom. The highest BCUT2D eigenvalue weighted by atomic mass is 35.5. The van der Waals surface area contributed by atoms with Crippen LogP contribution in [0.15, 0.2) is 36.5 Å². The normalized spacial score (nSPS) is 22.6. The Bertz CT molecular complexity index is 652. The zero-order valence-electron chi connectivity index (χ0n) is 12.4. The topological polar surface area (TPSA) is 64.3 Å². The van der Waals surface area contributed by atoms with Crippen LogP contribution in [0.4, 0.5) is 5.82 Å². The van der Waals surface area contributed by atoms with Gasteiger partial charge in [-0.2, -0.15) is 0 Å². The molecule has 1 aliphatic rings. The third-order valence-corrected chi connectivity index (χ3v) is 4.09. The van der Waals surface area contributed by atoms with Gasteiger partial charge in [-0.1, -0.05) is 23.7 Å². The summed E-state index contributed by atoms with van der Waals surface area (Å²) in [4.78, 5) is 10.9. The van der Waals surface area contributed by atoms with Crippen LogP contribution in [0.5, 0.6) is 0 Å². The molecule has 2 N–H and O–H groups in total. The summed E-state index contributed by atoms with van der Waals surface area (Å²) in [7, 11) is 0. The smallest absolute Gasteiger partial charge is 0.144 e. The van der Waals surface area contributed by atoms with Gasteiger partial charge in [0.1, 0.15) is 11.6 Å².